The second kappa shape index (κ2) is 8.29. The summed E-state index contributed by atoms with van der Waals surface area (Å²) in [5, 5.41) is 10.6. The van der Waals surface area contributed by atoms with Crippen molar-refractivity contribution in [2.24, 2.45) is 0 Å². The van der Waals surface area contributed by atoms with Crippen molar-refractivity contribution in [1.29, 1.82) is 0 Å². The van der Waals surface area contributed by atoms with Gasteiger partial charge in [0.15, 0.2) is 6.10 Å². The molecule has 0 radical (unpaired) electrons. The SMILES string of the molecule is CC[C@H]1Oc2ccc([C@@H](O)c3ccco3)cc2N(CC(=O)N2CCCCC2)C1=O. The van der Waals surface area contributed by atoms with E-state index in [1.54, 1.807) is 30.3 Å². The van der Waals surface area contributed by atoms with Gasteiger partial charge in [-0.05, 0) is 55.5 Å². The van der Waals surface area contributed by atoms with Gasteiger partial charge in [-0.1, -0.05) is 13.0 Å². The van der Waals surface area contributed by atoms with E-state index in [1.165, 1.54) is 11.2 Å². The van der Waals surface area contributed by atoms with Gasteiger partial charge in [-0.3, -0.25) is 14.5 Å². The van der Waals surface area contributed by atoms with Crippen LogP contribution in [0, 0.1) is 0 Å². The zero-order valence-electron chi connectivity index (χ0n) is 16.5. The Labute approximate surface area is 169 Å². The molecule has 7 nitrogen and oxygen atoms in total. The molecule has 1 aromatic carbocycles. The molecule has 1 saturated heterocycles. The fourth-order valence-electron chi connectivity index (χ4n) is 3.92. The fourth-order valence-corrected chi connectivity index (χ4v) is 3.92. The first-order chi connectivity index (χ1) is 14.1. The van der Waals surface area contributed by atoms with Crippen LogP contribution in [0.5, 0.6) is 5.75 Å². The van der Waals surface area contributed by atoms with Crippen LogP contribution in [0.4, 0.5) is 5.69 Å². The Morgan fingerprint density at radius 1 is 1.24 bits per heavy atom. The van der Waals surface area contributed by atoms with Gasteiger partial charge in [0.1, 0.15) is 24.2 Å². The number of aliphatic hydroxyl groups is 1. The predicted molar refractivity (Wildman–Crippen MR) is 107 cm³/mol. The minimum atomic E-state index is -0.964. The van der Waals surface area contributed by atoms with Gasteiger partial charge in [-0.15, -0.1) is 0 Å². The molecule has 0 saturated carbocycles. The molecule has 2 aliphatic rings. The third-order valence-corrected chi connectivity index (χ3v) is 5.59. The van der Waals surface area contributed by atoms with Crippen molar-refractivity contribution in [1.82, 2.24) is 4.90 Å². The van der Waals surface area contributed by atoms with Gasteiger partial charge in [0.2, 0.25) is 5.91 Å². The largest absolute Gasteiger partial charge is 0.478 e. The monoisotopic (exact) mass is 398 g/mol. The van der Waals surface area contributed by atoms with Crippen molar-refractivity contribution in [2.75, 3.05) is 24.5 Å². The lowest BCUT2D eigenvalue weighted by Gasteiger charge is -2.36. The minimum Gasteiger partial charge on any atom is -0.478 e. The molecule has 0 unspecified atom stereocenters. The number of nitrogens with zero attached hydrogens (tertiary/aromatic N) is 2. The van der Waals surface area contributed by atoms with Crippen LogP contribution in [0.15, 0.2) is 41.0 Å². The average molecular weight is 398 g/mol. The van der Waals surface area contributed by atoms with Crippen molar-refractivity contribution >= 4 is 17.5 Å². The van der Waals surface area contributed by atoms with Crippen LogP contribution in [-0.4, -0.2) is 47.6 Å². The van der Waals surface area contributed by atoms with Gasteiger partial charge in [-0.2, -0.15) is 0 Å². The molecule has 1 N–H and O–H groups in total. The highest BCUT2D eigenvalue weighted by Gasteiger charge is 2.36. The van der Waals surface area contributed by atoms with E-state index >= 15 is 0 Å². The molecule has 0 spiro atoms. The molecule has 2 atom stereocenters. The number of carbonyl (C=O) groups is 2. The number of carbonyl (C=O) groups excluding carboxylic acids is 2. The first-order valence-electron chi connectivity index (χ1n) is 10.2. The number of anilines is 1. The standard InChI is InChI=1S/C22H26N2O5/c1-2-17-22(27)24(14-20(25)23-10-4-3-5-11-23)16-13-15(8-9-18(16)29-17)21(26)19-7-6-12-28-19/h6-9,12-13,17,21,26H,2-5,10-11,14H2,1H3/t17-,21-/m1/s1. The lowest BCUT2D eigenvalue weighted by atomic mass is 10.0. The molecule has 2 aliphatic heterocycles. The smallest absolute Gasteiger partial charge is 0.268 e. The number of furan rings is 1. The van der Waals surface area contributed by atoms with E-state index in [0.29, 0.717) is 29.2 Å². The van der Waals surface area contributed by atoms with Gasteiger partial charge < -0.3 is 19.2 Å². The molecule has 7 heteroatoms. The minimum absolute atomic E-state index is 0.0218. The summed E-state index contributed by atoms with van der Waals surface area (Å²) < 4.78 is 11.2. The number of likely N-dealkylation sites (tertiary alicyclic amines) is 1. The number of hydrogen-bond acceptors (Lipinski definition) is 5. The van der Waals surface area contributed by atoms with Crippen LogP contribution in [0.2, 0.25) is 0 Å². The first kappa shape index (κ1) is 19.5. The molecule has 0 bridgehead atoms. The third kappa shape index (κ3) is 3.87. The fraction of sp³-hybridized carbons (Fsp3) is 0.455. The van der Waals surface area contributed by atoms with Crippen LogP contribution in [0.25, 0.3) is 0 Å². The molecular weight excluding hydrogens is 372 g/mol. The maximum absolute atomic E-state index is 13.0. The topological polar surface area (TPSA) is 83.2 Å². The van der Waals surface area contributed by atoms with E-state index in [9.17, 15) is 14.7 Å². The number of hydrogen-bond donors (Lipinski definition) is 1. The van der Waals surface area contributed by atoms with Crippen LogP contribution < -0.4 is 9.64 Å². The summed E-state index contributed by atoms with van der Waals surface area (Å²) in [6.45, 7) is 3.33. The second-order valence-corrected chi connectivity index (χ2v) is 7.53. The van der Waals surface area contributed by atoms with Gasteiger partial charge in [0.05, 0.1) is 12.0 Å². The number of ether oxygens (including phenoxy) is 1. The third-order valence-electron chi connectivity index (χ3n) is 5.59. The maximum atomic E-state index is 13.0. The van der Waals surface area contributed by atoms with E-state index < -0.39 is 12.2 Å². The van der Waals surface area contributed by atoms with E-state index in [0.717, 1.165) is 32.4 Å². The number of aliphatic hydroxyl groups excluding tert-OH is 1. The molecular formula is C22H26N2O5. The number of piperidine rings is 1. The summed E-state index contributed by atoms with van der Waals surface area (Å²) in [6, 6.07) is 8.59. The lowest BCUT2D eigenvalue weighted by molar-refractivity contribution is -0.134. The quantitative estimate of drug-likeness (QED) is 0.837. The molecule has 2 aromatic rings. The number of fused-ring (bicyclic) bond motifs is 1. The summed E-state index contributed by atoms with van der Waals surface area (Å²) >= 11 is 0. The molecule has 1 fully saturated rings. The Kier molecular flexibility index (Phi) is 5.58. The molecule has 154 valence electrons. The summed E-state index contributed by atoms with van der Waals surface area (Å²) in [6.07, 6.45) is 3.57. The highest BCUT2D eigenvalue weighted by Crippen LogP contribution is 2.38. The molecule has 2 amide bonds. The number of rotatable bonds is 5. The summed E-state index contributed by atoms with van der Waals surface area (Å²) in [5.74, 6) is 0.668. The van der Waals surface area contributed by atoms with Gasteiger partial charge in [0, 0.05) is 13.1 Å². The van der Waals surface area contributed by atoms with E-state index in [4.69, 9.17) is 9.15 Å². The predicted octanol–water partition coefficient (Wildman–Crippen LogP) is 2.88. The summed E-state index contributed by atoms with van der Waals surface area (Å²) in [7, 11) is 0. The Morgan fingerprint density at radius 2 is 2.03 bits per heavy atom. The molecule has 4 rings (SSSR count). The van der Waals surface area contributed by atoms with Crippen LogP contribution in [0.3, 0.4) is 0 Å². The summed E-state index contributed by atoms with van der Waals surface area (Å²) in [4.78, 5) is 29.2. The highest BCUT2D eigenvalue weighted by molar-refractivity contribution is 6.04. The normalized spacial score (nSPS) is 20.2. The first-order valence-corrected chi connectivity index (χ1v) is 10.2. The van der Waals surface area contributed by atoms with E-state index in [-0.39, 0.29) is 18.4 Å². The Hall–Kier alpha value is -2.80. The van der Waals surface area contributed by atoms with Crippen LogP contribution in [0.1, 0.15) is 50.0 Å². The van der Waals surface area contributed by atoms with Gasteiger partial charge >= 0.3 is 0 Å². The zero-order valence-corrected chi connectivity index (χ0v) is 16.5. The van der Waals surface area contributed by atoms with Crippen molar-refractivity contribution < 1.29 is 23.8 Å². The molecule has 3 heterocycles. The van der Waals surface area contributed by atoms with Crippen molar-refractivity contribution in [2.45, 2.75) is 44.8 Å². The molecule has 1 aromatic heterocycles. The van der Waals surface area contributed by atoms with Gasteiger partial charge in [-0.25, -0.2) is 0 Å². The Morgan fingerprint density at radius 3 is 2.72 bits per heavy atom. The average Bonchev–Trinajstić information content (AvgIpc) is 3.30. The Balaban J connectivity index is 1.64. The van der Waals surface area contributed by atoms with Crippen LogP contribution >= 0.6 is 0 Å². The molecule has 29 heavy (non-hydrogen) atoms. The van der Waals surface area contributed by atoms with Gasteiger partial charge in [0.25, 0.3) is 5.91 Å². The van der Waals surface area contributed by atoms with E-state index in [2.05, 4.69) is 0 Å². The maximum Gasteiger partial charge on any atom is 0.268 e. The lowest BCUT2D eigenvalue weighted by Crippen LogP contribution is -2.51. The zero-order chi connectivity index (χ0) is 20.4. The Bertz CT molecular complexity index is 873. The van der Waals surface area contributed by atoms with Crippen LogP contribution in [-0.2, 0) is 9.59 Å². The summed E-state index contributed by atoms with van der Waals surface area (Å²) in [5.41, 5.74) is 1.08. The van der Waals surface area contributed by atoms with Crippen molar-refractivity contribution in [3.63, 3.8) is 0 Å². The second-order valence-electron chi connectivity index (χ2n) is 7.53. The molecule has 0 aliphatic carbocycles. The van der Waals surface area contributed by atoms with E-state index in [1.807, 2.05) is 11.8 Å². The van der Waals surface area contributed by atoms with Crippen molar-refractivity contribution in [3.05, 3.63) is 47.9 Å². The number of benzene rings is 1. The van der Waals surface area contributed by atoms with Crippen molar-refractivity contribution in [3.8, 4) is 5.75 Å². The highest BCUT2D eigenvalue weighted by atomic mass is 16.5. The number of amides is 2.